The van der Waals surface area contributed by atoms with Gasteiger partial charge in [-0.25, -0.2) is 13.8 Å². The van der Waals surface area contributed by atoms with Crippen molar-refractivity contribution >= 4 is 22.6 Å². The first-order valence-corrected chi connectivity index (χ1v) is 12.0. The Morgan fingerprint density at radius 3 is 2.26 bits per heavy atom. The van der Waals surface area contributed by atoms with Crippen LogP contribution in [0.15, 0.2) is 79.1 Å². The monoisotopic (exact) mass is 517 g/mol. The largest absolute Gasteiger partial charge is 0.395 e. The molecule has 2 heterocycles. The second-order valence-electron chi connectivity index (χ2n) is 8.72. The Bertz CT molecular complexity index is 1580. The van der Waals surface area contributed by atoms with Gasteiger partial charge in [-0.05, 0) is 37.3 Å². The molecule has 0 aliphatic heterocycles. The van der Waals surface area contributed by atoms with E-state index in [1.165, 1.54) is 59.3 Å². The molecule has 5 aromatic rings. The van der Waals surface area contributed by atoms with Crippen LogP contribution in [0.3, 0.4) is 0 Å². The van der Waals surface area contributed by atoms with Crippen molar-refractivity contribution in [2.75, 3.05) is 11.9 Å². The van der Waals surface area contributed by atoms with Gasteiger partial charge < -0.3 is 20.1 Å². The maximum absolute atomic E-state index is 15.1. The first-order chi connectivity index (χ1) is 18.4. The third-order valence-electron chi connectivity index (χ3n) is 6.40. The van der Waals surface area contributed by atoms with Crippen LogP contribution in [0, 0.1) is 11.6 Å². The molecule has 3 N–H and O–H groups in total. The molecule has 0 radical (unpaired) electrons. The van der Waals surface area contributed by atoms with Crippen molar-refractivity contribution in [1.29, 1.82) is 0 Å². The Balaban J connectivity index is 1.68. The lowest BCUT2D eigenvalue weighted by molar-refractivity contribution is 0.101. The number of hydrogen-bond acceptors (Lipinski definition) is 5. The van der Waals surface area contributed by atoms with Gasteiger partial charge in [-0.15, -0.1) is 0 Å². The third kappa shape index (κ3) is 4.33. The molecule has 10 heteroatoms. The molecule has 0 unspecified atom stereocenters. The van der Waals surface area contributed by atoms with E-state index in [4.69, 9.17) is 0 Å². The van der Waals surface area contributed by atoms with Gasteiger partial charge in [0.2, 0.25) is 0 Å². The first kappa shape index (κ1) is 25.2. The fourth-order valence-corrected chi connectivity index (χ4v) is 4.57. The molecule has 194 valence electrons. The second kappa shape index (κ2) is 10.2. The van der Waals surface area contributed by atoms with Gasteiger partial charge >= 0.3 is 0 Å². The third-order valence-corrected chi connectivity index (χ3v) is 6.40. The topological polar surface area (TPSA) is 105 Å². The van der Waals surface area contributed by atoms with Gasteiger partial charge in [0.1, 0.15) is 11.6 Å². The Hall–Kier alpha value is -4.41. The molecule has 1 amide bonds. The molecule has 0 fully saturated rings. The van der Waals surface area contributed by atoms with Crippen molar-refractivity contribution in [3.8, 4) is 0 Å². The van der Waals surface area contributed by atoms with Crippen LogP contribution in [0.4, 0.5) is 14.5 Å². The second-order valence-corrected chi connectivity index (χ2v) is 8.72. The van der Waals surface area contributed by atoms with Crippen molar-refractivity contribution in [3.63, 3.8) is 0 Å². The summed E-state index contributed by atoms with van der Waals surface area (Å²) in [6.07, 6.45) is 3.24. The molecule has 2 aromatic heterocycles. The molecule has 0 atom stereocenters. The van der Waals surface area contributed by atoms with E-state index < -0.39 is 23.1 Å². The van der Waals surface area contributed by atoms with Crippen molar-refractivity contribution < 1.29 is 23.8 Å². The molecule has 0 aliphatic rings. The Kier molecular flexibility index (Phi) is 6.75. The van der Waals surface area contributed by atoms with Crippen molar-refractivity contribution in [2.24, 2.45) is 0 Å². The van der Waals surface area contributed by atoms with E-state index >= 15 is 8.78 Å². The number of nitrogens with one attached hydrogen (secondary N) is 1. The lowest BCUT2D eigenvalue weighted by Crippen LogP contribution is -2.35. The number of carbonyl (C=O) groups is 1. The zero-order valence-corrected chi connectivity index (χ0v) is 20.5. The van der Waals surface area contributed by atoms with E-state index in [9.17, 15) is 15.0 Å². The quantitative estimate of drug-likeness (QED) is 0.288. The number of aliphatic hydroxyl groups is 2. The minimum Gasteiger partial charge on any atom is -0.395 e. The normalized spacial score (nSPS) is 11.7. The van der Waals surface area contributed by atoms with Crippen LogP contribution < -0.4 is 5.32 Å². The predicted molar refractivity (Wildman–Crippen MR) is 138 cm³/mol. The molecular formula is C28H25F2N5O3. The Labute approximate surface area is 216 Å². The zero-order chi connectivity index (χ0) is 26.9. The number of anilines is 1. The number of aromatic nitrogens is 4. The molecule has 3 aromatic carbocycles. The highest BCUT2D eigenvalue weighted by Crippen LogP contribution is 2.40. The Morgan fingerprint density at radius 1 is 1.03 bits per heavy atom. The van der Waals surface area contributed by atoms with Gasteiger partial charge in [0.05, 0.1) is 29.5 Å². The molecule has 0 saturated heterocycles. The van der Waals surface area contributed by atoms with E-state index in [2.05, 4.69) is 15.4 Å². The fraction of sp³-hybridized carbons (Fsp3) is 0.179. The zero-order valence-electron chi connectivity index (χ0n) is 20.5. The van der Waals surface area contributed by atoms with E-state index in [0.29, 0.717) is 23.3 Å². The fourth-order valence-electron chi connectivity index (χ4n) is 4.57. The van der Waals surface area contributed by atoms with Crippen LogP contribution in [-0.4, -0.2) is 42.1 Å². The maximum atomic E-state index is 15.1. The lowest BCUT2D eigenvalue weighted by Gasteiger charge is -2.30. The number of amides is 1. The highest BCUT2D eigenvalue weighted by atomic mass is 19.1. The van der Waals surface area contributed by atoms with Gasteiger partial charge in [0, 0.05) is 36.0 Å². The number of hydrogen-bond donors (Lipinski definition) is 3. The molecule has 0 saturated carbocycles. The Morgan fingerprint density at radius 2 is 1.68 bits per heavy atom. The molecular weight excluding hydrogens is 492 g/mol. The summed E-state index contributed by atoms with van der Waals surface area (Å²) in [6, 6.07) is 15.8. The number of benzene rings is 3. The van der Waals surface area contributed by atoms with E-state index in [1.54, 1.807) is 29.1 Å². The number of fused-ring (bicyclic) bond motifs is 1. The number of halogens is 2. The van der Waals surface area contributed by atoms with Crippen LogP contribution in [-0.2, 0) is 18.7 Å². The highest BCUT2D eigenvalue weighted by molar-refractivity contribution is 6.05. The van der Waals surface area contributed by atoms with Crippen molar-refractivity contribution in [3.05, 3.63) is 113 Å². The summed E-state index contributed by atoms with van der Waals surface area (Å²) in [5, 5.41) is 29.0. The number of imidazole rings is 1. The average Bonchev–Trinajstić information content (AvgIpc) is 3.53. The van der Waals surface area contributed by atoms with Crippen LogP contribution in [0.2, 0.25) is 0 Å². The van der Waals surface area contributed by atoms with Crippen LogP contribution in [0.5, 0.6) is 0 Å². The van der Waals surface area contributed by atoms with Crippen molar-refractivity contribution in [2.45, 2.75) is 25.6 Å². The van der Waals surface area contributed by atoms with E-state index in [1.807, 2.05) is 6.92 Å². The first-order valence-electron chi connectivity index (χ1n) is 12.0. The van der Waals surface area contributed by atoms with Crippen LogP contribution in [0.25, 0.3) is 11.0 Å². The summed E-state index contributed by atoms with van der Waals surface area (Å²) >= 11 is 0. The summed E-state index contributed by atoms with van der Waals surface area (Å²) in [5.74, 6) is -2.01. The van der Waals surface area contributed by atoms with Gasteiger partial charge in [-0.1, -0.05) is 36.4 Å². The highest BCUT2D eigenvalue weighted by Gasteiger charge is 2.43. The standard InChI is InChI=1S/C28H25F2N5O3/c1-2-34-17-19(16-31-34)32-26(37)18-11-12-24-25(15-18)35(13-14-36)27(33-24)28(38,20-7-3-5-9-22(20)29)21-8-4-6-10-23(21)30/h3-12,15-17,36,38H,2,13-14H2,1H3,(H,32,37). The van der Waals surface area contributed by atoms with Gasteiger partial charge in [0.25, 0.3) is 5.91 Å². The summed E-state index contributed by atoms with van der Waals surface area (Å²) in [4.78, 5) is 17.5. The minimum absolute atomic E-state index is 0.0502. The minimum atomic E-state index is -2.35. The molecule has 0 aliphatic carbocycles. The van der Waals surface area contributed by atoms with Crippen LogP contribution in [0.1, 0.15) is 34.2 Å². The summed E-state index contributed by atoms with van der Waals surface area (Å²) in [7, 11) is 0. The summed E-state index contributed by atoms with van der Waals surface area (Å²) in [5.41, 5.74) is -1.17. The molecule has 0 spiro atoms. The molecule has 38 heavy (non-hydrogen) atoms. The lowest BCUT2D eigenvalue weighted by atomic mass is 9.84. The number of rotatable bonds is 8. The maximum Gasteiger partial charge on any atom is 0.255 e. The van der Waals surface area contributed by atoms with Gasteiger partial charge in [0.15, 0.2) is 11.4 Å². The molecule has 0 bridgehead atoms. The van der Waals surface area contributed by atoms with Crippen LogP contribution >= 0.6 is 0 Å². The number of aryl methyl sites for hydroxylation is 1. The predicted octanol–water partition coefficient (Wildman–Crippen LogP) is 4.06. The summed E-state index contributed by atoms with van der Waals surface area (Å²) in [6.45, 7) is 2.18. The summed E-state index contributed by atoms with van der Waals surface area (Å²) < 4.78 is 33.4. The van der Waals surface area contributed by atoms with Gasteiger partial charge in [-0.3, -0.25) is 9.48 Å². The van der Waals surface area contributed by atoms with Crippen molar-refractivity contribution in [1.82, 2.24) is 19.3 Å². The average molecular weight is 518 g/mol. The SMILES string of the molecule is CCn1cc(NC(=O)c2ccc3nc(C(O)(c4ccccc4F)c4ccccc4F)n(CCO)c3c2)cn1. The molecule has 5 rings (SSSR count). The van der Waals surface area contributed by atoms with Gasteiger partial charge in [-0.2, -0.15) is 5.10 Å². The van der Waals surface area contributed by atoms with E-state index in [0.717, 1.165) is 0 Å². The molecule has 8 nitrogen and oxygen atoms in total. The number of aliphatic hydroxyl groups excluding tert-OH is 1. The smallest absolute Gasteiger partial charge is 0.255 e. The number of nitrogens with zero attached hydrogens (tertiary/aromatic N) is 4. The number of carbonyl (C=O) groups excluding carboxylic acids is 1. The van der Waals surface area contributed by atoms with E-state index in [-0.39, 0.29) is 35.7 Å².